The molecule has 1 aromatic heterocycles. The number of aromatic nitrogens is 2. The van der Waals surface area contributed by atoms with Gasteiger partial charge >= 0.3 is 6.18 Å². The Hall–Kier alpha value is -2.91. The van der Waals surface area contributed by atoms with Gasteiger partial charge in [0.25, 0.3) is 0 Å². The van der Waals surface area contributed by atoms with Gasteiger partial charge in [-0.1, -0.05) is 48.0 Å². The SMILES string of the molecule is N#CC(CCc1cccc(C(F)(F)F)c1)(Cc1cncnc1)c1ccccc1Cl. The molecule has 0 amide bonds. The summed E-state index contributed by atoms with van der Waals surface area (Å²) in [4.78, 5) is 8.00. The lowest BCUT2D eigenvalue weighted by Crippen LogP contribution is -2.28. The minimum Gasteiger partial charge on any atom is -0.245 e. The van der Waals surface area contributed by atoms with Crippen LogP contribution < -0.4 is 0 Å². The minimum absolute atomic E-state index is 0.288. The monoisotopic (exact) mass is 415 g/mol. The van der Waals surface area contributed by atoms with E-state index >= 15 is 0 Å². The molecule has 1 unspecified atom stereocenters. The molecule has 3 nitrogen and oxygen atoms in total. The lowest BCUT2D eigenvalue weighted by atomic mass is 9.73. The van der Waals surface area contributed by atoms with Crippen LogP contribution in [0.3, 0.4) is 0 Å². The van der Waals surface area contributed by atoms with Gasteiger partial charge in [0.1, 0.15) is 6.33 Å². The van der Waals surface area contributed by atoms with Crippen LogP contribution in [0.1, 0.15) is 28.7 Å². The molecule has 29 heavy (non-hydrogen) atoms. The average Bonchev–Trinajstić information content (AvgIpc) is 2.72. The Morgan fingerprint density at radius 3 is 2.34 bits per heavy atom. The number of nitrogens with zero attached hydrogens (tertiary/aromatic N) is 3. The van der Waals surface area contributed by atoms with E-state index in [1.807, 2.05) is 0 Å². The van der Waals surface area contributed by atoms with Crippen LogP contribution in [0.25, 0.3) is 0 Å². The van der Waals surface area contributed by atoms with Crippen molar-refractivity contribution >= 4 is 11.6 Å². The van der Waals surface area contributed by atoms with Crippen molar-refractivity contribution in [3.8, 4) is 6.07 Å². The molecule has 0 N–H and O–H groups in total. The molecule has 0 saturated heterocycles. The highest BCUT2D eigenvalue weighted by atomic mass is 35.5. The predicted octanol–water partition coefficient (Wildman–Crippen LogP) is 5.79. The molecule has 0 saturated carbocycles. The summed E-state index contributed by atoms with van der Waals surface area (Å²) in [5.41, 5.74) is 0.165. The molecule has 7 heteroatoms. The van der Waals surface area contributed by atoms with Crippen molar-refractivity contribution in [2.45, 2.75) is 30.9 Å². The number of aryl methyl sites for hydroxylation is 1. The molecule has 3 rings (SSSR count). The second-order valence-corrected chi connectivity index (χ2v) is 7.20. The summed E-state index contributed by atoms with van der Waals surface area (Å²) in [6.07, 6.45) is 1.12. The van der Waals surface area contributed by atoms with Crippen molar-refractivity contribution in [1.82, 2.24) is 9.97 Å². The molecule has 1 heterocycles. The molecule has 0 bridgehead atoms. The lowest BCUT2D eigenvalue weighted by Gasteiger charge is -2.28. The van der Waals surface area contributed by atoms with Gasteiger partial charge in [-0.05, 0) is 48.1 Å². The van der Waals surface area contributed by atoms with Gasteiger partial charge in [-0.2, -0.15) is 18.4 Å². The Morgan fingerprint density at radius 2 is 1.69 bits per heavy atom. The topological polar surface area (TPSA) is 49.6 Å². The fourth-order valence-corrected chi connectivity index (χ4v) is 3.67. The zero-order valence-corrected chi connectivity index (χ0v) is 16.1. The van der Waals surface area contributed by atoms with Crippen LogP contribution in [-0.4, -0.2) is 9.97 Å². The maximum atomic E-state index is 13.0. The summed E-state index contributed by atoms with van der Waals surface area (Å²) in [7, 11) is 0. The van der Waals surface area contributed by atoms with E-state index in [-0.39, 0.29) is 6.42 Å². The Morgan fingerprint density at radius 1 is 0.966 bits per heavy atom. The summed E-state index contributed by atoms with van der Waals surface area (Å²) in [6, 6.07) is 14.6. The third kappa shape index (κ3) is 4.93. The lowest BCUT2D eigenvalue weighted by molar-refractivity contribution is -0.137. The molecule has 0 spiro atoms. The van der Waals surface area contributed by atoms with E-state index in [1.54, 1.807) is 42.7 Å². The number of hydrogen-bond donors (Lipinski definition) is 0. The number of hydrogen-bond acceptors (Lipinski definition) is 3. The van der Waals surface area contributed by atoms with E-state index in [1.165, 1.54) is 12.4 Å². The fourth-order valence-electron chi connectivity index (χ4n) is 3.35. The van der Waals surface area contributed by atoms with Crippen LogP contribution in [0.5, 0.6) is 0 Å². The van der Waals surface area contributed by atoms with Crippen molar-refractivity contribution in [2.24, 2.45) is 0 Å². The number of nitriles is 1. The first-order valence-corrected chi connectivity index (χ1v) is 9.28. The smallest absolute Gasteiger partial charge is 0.245 e. The molecule has 0 aliphatic carbocycles. The van der Waals surface area contributed by atoms with Crippen molar-refractivity contribution in [3.05, 3.63) is 94.5 Å². The van der Waals surface area contributed by atoms with E-state index in [0.29, 0.717) is 29.0 Å². The second-order valence-electron chi connectivity index (χ2n) is 6.80. The molecule has 2 aromatic carbocycles. The highest BCUT2D eigenvalue weighted by Crippen LogP contribution is 2.37. The summed E-state index contributed by atoms with van der Waals surface area (Å²) < 4.78 is 39.1. The fraction of sp³-hybridized carbons (Fsp3) is 0.227. The highest BCUT2D eigenvalue weighted by Gasteiger charge is 2.35. The molecular weight excluding hydrogens is 399 g/mol. The van der Waals surface area contributed by atoms with Gasteiger partial charge < -0.3 is 0 Å². The van der Waals surface area contributed by atoms with Gasteiger partial charge in [0.2, 0.25) is 0 Å². The van der Waals surface area contributed by atoms with E-state index in [4.69, 9.17) is 11.6 Å². The van der Waals surface area contributed by atoms with Crippen LogP contribution in [0.2, 0.25) is 5.02 Å². The van der Waals surface area contributed by atoms with Gasteiger partial charge in [0, 0.05) is 17.4 Å². The van der Waals surface area contributed by atoms with Crippen LogP contribution in [0.15, 0.2) is 67.3 Å². The van der Waals surface area contributed by atoms with Crippen molar-refractivity contribution in [2.75, 3.05) is 0 Å². The molecule has 0 fully saturated rings. The standard InChI is InChI=1S/C22H17ClF3N3/c23-20-7-2-1-6-19(20)21(14-27,11-17-12-28-15-29-13-17)9-8-16-4-3-5-18(10-16)22(24,25)26/h1-7,10,12-13,15H,8-9,11H2. The van der Waals surface area contributed by atoms with E-state index < -0.39 is 17.2 Å². The average molecular weight is 416 g/mol. The maximum Gasteiger partial charge on any atom is 0.416 e. The molecule has 0 aliphatic rings. The van der Waals surface area contributed by atoms with Crippen molar-refractivity contribution in [1.29, 1.82) is 5.26 Å². The number of alkyl halides is 3. The zero-order valence-electron chi connectivity index (χ0n) is 15.3. The summed E-state index contributed by atoms with van der Waals surface area (Å²) in [5.74, 6) is 0. The van der Waals surface area contributed by atoms with Crippen LogP contribution in [0.4, 0.5) is 13.2 Å². The summed E-state index contributed by atoms with van der Waals surface area (Å²) in [5, 5.41) is 10.6. The number of halogens is 4. The van der Waals surface area contributed by atoms with Gasteiger partial charge in [0.15, 0.2) is 0 Å². The molecule has 3 aromatic rings. The zero-order chi connectivity index (χ0) is 20.9. The van der Waals surface area contributed by atoms with Crippen molar-refractivity contribution < 1.29 is 13.2 Å². The summed E-state index contributed by atoms with van der Waals surface area (Å²) in [6.45, 7) is 0. The predicted molar refractivity (Wildman–Crippen MR) is 104 cm³/mol. The quantitative estimate of drug-likeness (QED) is 0.512. The van der Waals surface area contributed by atoms with Crippen molar-refractivity contribution in [3.63, 3.8) is 0 Å². The van der Waals surface area contributed by atoms with Gasteiger partial charge in [-0.15, -0.1) is 0 Å². The first-order valence-electron chi connectivity index (χ1n) is 8.90. The highest BCUT2D eigenvalue weighted by molar-refractivity contribution is 6.31. The normalized spacial score (nSPS) is 13.5. The summed E-state index contributed by atoms with van der Waals surface area (Å²) >= 11 is 6.39. The van der Waals surface area contributed by atoms with E-state index in [0.717, 1.165) is 17.7 Å². The number of rotatable bonds is 6. The van der Waals surface area contributed by atoms with E-state index in [2.05, 4.69) is 16.0 Å². The van der Waals surface area contributed by atoms with Crippen LogP contribution in [-0.2, 0) is 24.4 Å². The Labute approximate surface area is 171 Å². The molecule has 0 aliphatic heterocycles. The Balaban J connectivity index is 1.96. The first-order chi connectivity index (χ1) is 13.8. The van der Waals surface area contributed by atoms with Gasteiger partial charge in [0.05, 0.1) is 17.0 Å². The third-order valence-corrected chi connectivity index (χ3v) is 5.15. The van der Waals surface area contributed by atoms with E-state index in [9.17, 15) is 18.4 Å². The maximum absolute atomic E-state index is 13.0. The minimum atomic E-state index is -4.41. The molecule has 0 radical (unpaired) electrons. The first kappa shape index (κ1) is 20.8. The molecule has 1 atom stereocenters. The Bertz CT molecular complexity index is 1020. The number of benzene rings is 2. The Kier molecular flexibility index (Phi) is 6.19. The van der Waals surface area contributed by atoms with Gasteiger partial charge in [-0.3, -0.25) is 0 Å². The second kappa shape index (κ2) is 8.62. The molecule has 148 valence electrons. The van der Waals surface area contributed by atoms with Crippen LogP contribution >= 0.6 is 11.6 Å². The van der Waals surface area contributed by atoms with Crippen LogP contribution in [0, 0.1) is 11.3 Å². The molecular formula is C22H17ClF3N3. The largest absolute Gasteiger partial charge is 0.416 e. The third-order valence-electron chi connectivity index (χ3n) is 4.82. The van der Waals surface area contributed by atoms with Gasteiger partial charge in [-0.25, -0.2) is 9.97 Å².